The number of hydrogen-bond acceptors (Lipinski definition) is 12. The highest BCUT2D eigenvalue weighted by atomic mass is 16.2. The Hall–Kier alpha value is -10.4. The summed E-state index contributed by atoms with van der Waals surface area (Å²) in [7, 11) is 0. The molecule has 9 aromatic rings. The van der Waals surface area contributed by atoms with Crippen LogP contribution in [0.2, 0.25) is 0 Å². The van der Waals surface area contributed by atoms with E-state index in [4.69, 9.17) is 0 Å². The zero-order valence-electron chi connectivity index (χ0n) is 46.8. The van der Waals surface area contributed by atoms with Gasteiger partial charge in [0.1, 0.15) is 0 Å². The highest BCUT2D eigenvalue weighted by Gasteiger charge is 2.54. The molecule has 0 N–H and O–H groups in total. The molecule has 2 unspecified atom stereocenters. The molecule has 32 aliphatic heterocycles. The van der Waals surface area contributed by atoms with Crippen LogP contribution in [-0.2, 0) is 0 Å². The Bertz CT molecular complexity index is 4560. The van der Waals surface area contributed by atoms with E-state index in [0.717, 1.165) is 19.6 Å². The van der Waals surface area contributed by atoms with Crippen LogP contribution in [0, 0.1) is 0 Å². The Labute approximate surface area is 497 Å². The van der Waals surface area contributed by atoms with Gasteiger partial charge in [0.2, 0.25) is 0 Å². The lowest BCUT2D eigenvalue weighted by Crippen LogP contribution is -2.61. The predicted molar refractivity (Wildman–Crippen MR) is 317 cm³/mol. The van der Waals surface area contributed by atoms with Gasteiger partial charge in [0.15, 0.2) is 0 Å². The SMILES string of the molecule is O=C1c2ccc3c4c5ccc(c24)C(=O)N1C1CCCC[C@@H]1N1C(=O)c2ccc4c6ccc7c8c(ccc(c9ccc(c2c49)C1=O)c86)C(=O)N(C7=O)C1CCCC[C@@H]1N1C(=O)c2ccc4c6c(ccc(c26)C1=O)C(=O)N(C4=O)[C@H]1CCCC[C@@H]1N(C3=O)C5=O. The second kappa shape index (κ2) is 16.8. The second-order valence-corrected chi connectivity index (χ2v) is 25.4. The Balaban J connectivity index is 0.808. The largest absolute Gasteiger partial charge is 0.269 e. The number of nitrogens with zero attached hydrogens (tertiary/aromatic N) is 6. The Morgan fingerprint density at radius 2 is 0.307 bits per heavy atom. The summed E-state index contributed by atoms with van der Waals surface area (Å²) in [5, 5.41) is 5.36. The highest BCUT2D eigenvalue weighted by Crippen LogP contribution is 2.50. The molecule has 0 aromatic heterocycles. The van der Waals surface area contributed by atoms with Gasteiger partial charge in [-0.05, 0) is 144 Å². The maximum Gasteiger partial charge on any atom is 0.261 e. The molecule has 0 spiro atoms. The molecule has 12 amide bonds. The van der Waals surface area contributed by atoms with Crippen molar-refractivity contribution in [3.05, 3.63) is 164 Å². The maximum absolute atomic E-state index is 15.4. The molecule has 0 saturated heterocycles. The van der Waals surface area contributed by atoms with Crippen LogP contribution in [0.3, 0.4) is 0 Å². The molecule has 9 aromatic carbocycles. The number of carbonyl (C=O) groups excluding carboxylic acids is 12. The molecule has 3 fully saturated rings. The zero-order valence-corrected chi connectivity index (χ0v) is 46.8. The van der Waals surface area contributed by atoms with Crippen molar-refractivity contribution in [3.63, 3.8) is 0 Å². The molecule has 3 saturated carbocycles. The van der Waals surface area contributed by atoms with Crippen molar-refractivity contribution >= 4 is 136 Å². The average molecular weight is 1160 g/mol. The fourth-order valence-corrected chi connectivity index (χ4v) is 18.0. The number of imide groups is 6. The van der Waals surface area contributed by atoms with Crippen molar-refractivity contribution in [1.82, 2.24) is 29.4 Å². The average Bonchev–Trinajstić information content (AvgIpc) is 0.844. The van der Waals surface area contributed by atoms with Crippen LogP contribution in [0.15, 0.2) is 97.1 Å². The van der Waals surface area contributed by atoms with Crippen LogP contribution in [0.25, 0.3) is 64.6 Å². The molecule has 35 aliphatic rings. The van der Waals surface area contributed by atoms with Crippen LogP contribution in [0.1, 0.15) is 201 Å². The predicted octanol–water partition coefficient (Wildman–Crippen LogP) is 9.97. The molecule has 32 heterocycles. The van der Waals surface area contributed by atoms with Crippen molar-refractivity contribution in [2.24, 2.45) is 0 Å². The summed E-state index contributed by atoms with van der Waals surface area (Å²) in [5.74, 6) is -8.12. The van der Waals surface area contributed by atoms with Gasteiger partial charge in [0.25, 0.3) is 70.9 Å². The van der Waals surface area contributed by atoms with E-state index >= 15 is 57.5 Å². The van der Waals surface area contributed by atoms with Gasteiger partial charge in [-0.25, -0.2) is 0 Å². The minimum absolute atomic E-state index is 0.0474. The number of rotatable bonds is 0. The fourth-order valence-electron chi connectivity index (χ4n) is 18.0. The van der Waals surface area contributed by atoms with E-state index in [2.05, 4.69) is 0 Å². The molecule has 0 radical (unpaired) electrons. The summed E-state index contributed by atoms with van der Waals surface area (Å²) >= 11 is 0. The van der Waals surface area contributed by atoms with Crippen LogP contribution in [0.4, 0.5) is 0 Å². The number of hydrogen-bond donors (Lipinski definition) is 0. The van der Waals surface area contributed by atoms with E-state index < -0.39 is 107 Å². The fraction of sp³-hybridized carbons (Fsp3) is 0.257. The first-order valence-corrected chi connectivity index (χ1v) is 30.4. The molecule has 6 atom stereocenters. The van der Waals surface area contributed by atoms with Gasteiger partial charge in [-0.1, -0.05) is 62.8 Å². The van der Waals surface area contributed by atoms with E-state index in [-0.39, 0.29) is 114 Å². The molecule has 3 aliphatic carbocycles. The van der Waals surface area contributed by atoms with Crippen molar-refractivity contribution in [3.8, 4) is 0 Å². The molecule has 44 rings (SSSR count). The molecule has 88 heavy (non-hydrogen) atoms. The van der Waals surface area contributed by atoms with Crippen molar-refractivity contribution in [2.75, 3.05) is 0 Å². The third-order valence-electron chi connectivity index (χ3n) is 21.7. The molecule has 30 bridgehead atoms. The van der Waals surface area contributed by atoms with Crippen LogP contribution in [-0.4, -0.2) is 137 Å². The summed E-state index contributed by atoms with van der Waals surface area (Å²) in [6.07, 6.45) is 5.02. The van der Waals surface area contributed by atoms with Gasteiger partial charge in [-0.2, -0.15) is 0 Å². The monoisotopic (exact) mass is 1160 g/mol. The lowest BCUT2D eigenvalue weighted by Gasteiger charge is -2.46. The summed E-state index contributed by atoms with van der Waals surface area (Å²) in [6.45, 7) is 0. The number of carbonyl (C=O) groups is 12. The third-order valence-corrected chi connectivity index (χ3v) is 21.7. The van der Waals surface area contributed by atoms with E-state index in [0.29, 0.717) is 94.5 Å². The first kappa shape index (κ1) is 49.9. The summed E-state index contributed by atoms with van der Waals surface area (Å²) in [5.41, 5.74) is 1.44. The first-order valence-electron chi connectivity index (χ1n) is 30.4. The smallest absolute Gasteiger partial charge is 0.261 e. The second-order valence-electron chi connectivity index (χ2n) is 25.4. The standard InChI is InChI=1S/C70H46N6O12/c77-59-33-17-13-29-31-15-19-35-54-36-20-16-32(52(31)54)30-14-18-34(53(33)51(29)30)60(78)71(59)45-7-1-3-9-47(45)73-63(81)37-21-25-41-57-42(26-22-38(55(37)57)64(73)82)68(86)75(67(41)85)49-11-5-6-12-50(49)76-69(87)43-27-23-39-56-40(24-28-44(58(43)56)70(76)88)66(84)74(65(39)83)48-10-4-2-8-46(48)72(61(35)79)62(36)80/h13-28,45-50H,1-12H2/t45-,46?,47?,48-,49-,50-/m0/s1. The third kappa shape index (κ3) is 5.75. The lowest BCUT2D eigenvalue weighted by molar-refractivity contribution is 0.0236. The quantitative estimate of drug-likeness (QED) is 0.0786. The first-order chi connectivity index (χ1) is 42.7. The summed E-state index contributed by atoms with van der Waals surface area (Å²) in [4.78, 5) is 190. The van der Waals surface area contributed by atoms with Crippen molar-refractivity contribution in [1.29, 1.82) is 0 Å². The van der Waals surface area contributed by atoms with E-state index in [1.165, 1.54) is 58.3 Å². The Kier molecular flexibility index (Phi) is 9.51. The molecular formula is C70H46N6O12. The van der Waals surface area contributed by atoms with E-state index in [1.807, 2.05) is 24.3 Å². The van der Waals surface area contributed by atoms with Crippen LogP contribution < -0.4 is 0 Å². The molecular weight excluding hydrogens is 1120 g/mol. The maximum atomic E-state index is 15.4. The molecule has 18 nitrogen and oxygen atoms in total. The van der Waals surface area contributed by atoms with Gasteiger partial charge in [-0.3, -0.25) is 86.9 Å². The Morgan fingerprint density at radius 1 is 0.182 bits per heavy atom. The van der Waals surface area contributed by atoms with E-state index in [9.17, 15) is 0 Å². The minimum Gasteiger partial charge on any atom is -0.269 e. The normalized spacial score (nSPS) is 24.6. The minimum atomic E-state index is -1.02. The van der Waals surface area contributed by atoms with Gasteiger partial charge in [-0.15, -0.1) is 0 Å². The molecule has 428 valence electrons. The molecule has 18 heteroatoms. The Morgan fingerprint density at radius 3 is 0.455 bits per heavy atom. The van der Waals surface area contributed by atoms with Crippen molar-refractivity contribution < 1.29 is 57.5 Å². The van der Waals surface area contributed by atoms with Gasteiger partial charge in [0.05, 0.1) is 36.3 Å². The summed E-state index contributed by atoms with van der Waals surface area (Å²) in [6, 6.07) is 20.0. The topological polar surface area (TPSA) is 224 Å². The van der Waals surface area contributed by atoms with Crippen LogP contribution >= 0.6 is 0 Å². The van der Waals surface area contributed by atoms with E-state index in [1.54, 1.807) is 24.3 Å². The van der Waals surface area contributed by atoms with Gasteiger partial charge < -0.3 is 0 Å². The summed E-state index contributed by atoms with van der Waals surface area (Å²) < 4.78 is 0. The van der Waals surface area contributed by atoms with Crippen LogP contribution in [0.5, 0.6) is 0 Å². The number of amides is 12. The highest BCUT2D eigenvalue weighted by molar-refractivity contribution is 6.42. The van der Waals surface area contributed by atoms with Gasteiger partial charge in [0, 0.05) is 99.1 Å². The lowest BCUT2D eigenvalue weighted by atomic mass is 9.79. The zero-order chi connectivity index (χ0) is 59.5. The number of benzene rings is 9. The van der Waals surface area contributed by atoms with Gasteiger partial charge >= 0.3 is 0 Å². The van der Waals surface area contributed by atoms with Crippen molar-refractivity contribution in [2.45, 2.75) is 113 Å².